The first-order valence-electron chi connectivity index (χ1n) is 6.77. The highest BCUT2D eigenvalue weighted by molar-refractivity contribution is 9.10. The molecule has 6 heteroatoms. The van der Waals surface area contributed by atoms with Crippen LogP contribution in [0.1, 0.15) is 25.3 Å². The summed E-state index contributed by atoms with van der Waals surface area (Å²) in [6.45, 7) is 4.41. The summed E-state index contributed by atoms with van der Waals surface area (Å²) in [7, 11) is 0. The molecule has 1 aliphatic rings. The molecule has 1 N–H and O–H groups in total. The molecular weight excluding hydrogens is 333 g/mol. The van der Waals surface area contributed by atoms with Gasteiger partial charge < -0.3 is 10.2 Å². The second-order valence-electron chi connectivity index (χ2n) is 5.05. The molecule has 0 aliphatic carbocycles. The number of alkyl halides is 3. The maximum absolute atomic E-state index is 12.9. The maximum Gasteiger partial charge on any atom is 0.417 e. The van der Waals surface area contributed by atoms with E-state index in [1.807, 2.05) is 4.90 Å². The highest BCUT2D eigenvalue weighted by Gasteiger charge is 2.33. The fourth-order valence-electron chi connectivity index (χ4n) is 2.53. The lowest BCUT2D eigenvalue weighted by Crippen LogP contribution is -2.50. The minimum absolute atomic E-state index is 0.0917. The van der Waals surface area contributed by atoms with E-state index in [9.17, 15) is 13.2 Å². The van der Waals surface area contributed by atoms with E-state index >= 15 is 0 Å². The molecule has 2 rings (SSSR count). The fourth-order valence-corrected chi connectivity index (χ4v) is 3.00. The van der Waals surface area contributed by atoms with Gasteiger partial charge in [0, 0.05) is 35.8 Å². The molecule has 1 heterocycles. The lowest BCUT2D eigenvalue weighted by molar-refractivity contribution is -0.138. The minimum Gasteiger partial charge on any atom is -0.369 e. The van der Waals surface area contributed by atoms with Crippen LogP contribution in [0.15, 0.2) is 22.7 Å². The van der Waals surface area contributed by atoms with Gasteiger partial charge in [-0.3, -0.25) is 0 Å². The molecule has 0 bridgehead atoms. The van der Waals surface area contributed by atoms with Crippen LogP contribution >= 0.6 is 15.9 Å². The van der Waals surface area contributed by atoms with Gasteiger partial charge in [-0.25, -0.2) is 0 Å². The second kappa shape index (κ2) is 6.35. The molecule has 1 unspecified atom stereocenters. The van der Waals surface area contributed by atoms with E-state index in [-0.39, 0.29) is 4.47 Å². The van der Waals surface area contributed by atoms with Crippen molar-refractivity contribution in [3.05, 3.63) is 28.2 Å². The van der Waals surface area contributed by atoms with Gasteiger partial charge in [-0.2, -0.15) is 13.2 Å². The van der Waals surface area contributed by atoms with Crippen LogP contribution in [0, 0.1) is 0 Å². The topological polar surface area (TPSA) is 15.3 Å². The van der Waals surface area contributed by atoms with E-state index in [0.717, 1.165) is 32.5 Å². The van der Waals surface area contributed by atoms with Crippen molar-refractivity contribution in [1.82, 2.24) is 5.32 Å². The Morgan fingerprint density at radius 1 is 1.40 bits per heavy atom. The van der Waals surface area contributed by atoms with Crippen molar-refractivity contribution >= 4 is 21.6 Å². The number of benzene rings is 1. The van der Waals surface area contributed by atoms with Crippen molar-refractivity contribution in [3.8, 4) is 0 Å². The van der Waals surface area contributed by atoms with E-state index in [4.69, 9.17) is 0 Å². The van der Waals surface area contributed by atoms with Crippen LogP contribution in [0.2, 0.25) is 0 Å². The molecule has 1 saturated heterocycles. The summed E-state index contributed by atoms with van der Waals surface area (Å²) in [5.74, 6) is 0. The number of halogens is 4. The van der Waals surface area contributed by atoms with Crippen LogP contribution < -0.4 is 10.2 Å². The van der Waals surface area contributed by atoms with Crippen molar-refractivity contribution in [2.75, 3.05) is 24.5 Å². The smallest absolute Gasteiger partial charge is 0.369 e. The van der Waals surface area contributed by atoms with Gasteiger partial charge in [0.15, 0.2) is 0 Å². The Labute approximate surface area is 125 Å². The second-order valence-corrected chi connectivity index (χ2v) is 5.90. The quantitative estimate of drug-likeness (QED) is 0.884. The average molecular weight is 351 g/mol. The van der Waals surface area contributed by atoms with Crippen molar-refractivity contribution in [2.24, 2.45) is 0 Å². The first-order valence-corrected chi connectivity index (χ1v) is 7.56. The maximum atomic E-state index is 12.9. The molecular formula is C14H18BrF3N2. The van der Waals surface area contributed by atoms with E-state index in [0.29, 0.717) is 11.7 Å². The lowest BCUT2D eigenvalue weighted by Gasteiger charge is -2.35. The van der Waals surface area contributed by atoms with Gasteiger partial charge in [0.1, 0.15) is 0 Å². The first kappa shape index (κ1) is 15.6. The standard InChI is InChI=1S/C14H18BrF3N2/c1-2-3-10-9-20(7-6-19-10)11-4-5-13(15)12(8-11)14(16,17)18/h4-5,8,10,19H,2-3,6-7,9H2,1H3. The third-order valence-corrected chi connectivity index (χ3v) is 4.20. The van der Waals surface area contributed by atoms with Gasteiger partial charge in [-0.15, -0.1) is 0 Å². The zero-order chi connectivity index (χ0) is 14.8. The predicted octanol–water partition coefficient (Wildman–Crippen LogP) is 4.05. The molecule has 1 aromatic rings. The zero-order valence-electron chi connectivity index (χ0n) is 11.3. The van der Waals surface area contributed by atoms with E-state index < -0.39 is 11.7 Å². The highest BCUT2D eigenvalue weighted by Crippen LogP contribution is 2.37. The number of anilines is 1. The van der Waals surface area contributed by atoms with Gasteiger partial charge in [0.2, 0.25) is 0 Å². The average Bonchev–Trinajstić information content (AvgIpc) is 2.38. The summed E-state index contributed by atoms with van der Waals surface area (Å²) in [5, 5.41) is 3.40. The zero-order valence-corrected chi connectivity index (χ0v) is 12.9. The number of nitrogens with one attached hydrogen (secondary N) is 1. The molecule has 2 nitrogen and oxygen atoms in total. The molecule has 1 aliphatic heterocycles. The normalized spacial score (nSPS) is 20.2. The SMILES string of the molecule is CCCC1CN(c2ccc(Br)c(C(F)(F)F)c2)CCN1. The summed E-state index contributed by atoms with van der Waals surface area (Å²) < 4.78 is 38.9. The van der Waals surface area contributed by atoms with E-state index in [2.05, 4.69) is 28.2 Å². The number of piperazine rings is 1. The summed E-state index contributed by atoms with van der Waals surface area (Å²) >= 11 is 2.98. The molecule has 0 radical (unpaired) electrons. The Hall–Kier alpha value is -0.750. The first-order chi connectivity index (χ1) is 9.41. The highest BCUT2D eigenvalue weighted by atomic mass is 79.9. The molecule has 20 heavy (non-hydrogen) atoms. The lowest BCUT2D eigenvalue weighted by atomic mass is 10.1. The summed E-state index contributed by atoms with van der Waals surface area (Å²) in [6, 6.07) is 4.81. The van der Waals surface area contributed by atoms with Gasteiger partial charge in [-0.1, -0.05) is 29.3 Å². The number of rotatable bonds is 3. The van der Waals surface area contributed by atoms with Gasteiger partial charge in [0.05, 0.1) is 5.56 Å². The van der Waals surface area contributed by atoms with E-state index in [1.54, 1.807) is 6.07 Å². The Kier molecular flexibility index (Phi) is 4.96. The van der Waals surface area contributed by atoms with Crippen molar-refractivity contribution < 1.29 is 13.2 Å². The van der Waals surface area contributed by atoms with Crippen LogP contribution in [0.3, 0.4) is 0 Å². The molecule has 0 spiro atoms. The van der Waals surface area contributed by atoms with Gasteiger partial charge >= 0.3 is 6.18 Å². The predicted molar refractivity (Wildman–Crippen MR) is 78.1 cm³/mol. The minimum atomic E-state index is -4.33. The Balaban J connectivity index is 2.20. The monoisotopic (exact) mass is 350 g/mol. The Bertz CT molecular complexity index is 460. The molecule has 0 saturated carbocycles. The van der Waals surface area contributed by atoms with Gasteiger partial charge in [0.25, 0.3) is 0 Å². The van der Waals surface area contributed by atoms with Gasteiger partial charge in [-0.05, 0) is 24.6 Å². The number of nitrogens with zero attached hydrogens (tertiary/aromatic N) is 1. The van der Waals surface area contributed by atoms with Crippen molar-refractivity contribution in [1.29, 1.82) is 0 Å². The third-order valence-electron chi connectivity index (χ3n) is 3.51. The molecule has 0 amide bonds. The molecule has 1 atom stereocenters. The number of hydrogen-bond donors (Lipinski definition) is 1. The summed E-state index contributed by atoms with van der Waals surface area (Å²) in [5.41, 5.74) is 0.0312. The van der Waals surface area contributed by atoms with E-state index in [1.165, 1.54) is 12.1 Å². The number of hydrogen-bond acceptors (Lipinski definition) is 2. The third kappa shape index (κ3) is 3.67. The van der Waals surface area contributed by atoms with Crippen LogP contribution in [-0.2, 0) is 6.18 Å². The largest absolute Gasteiger partial charge is 0.417 e. The Morgan fingerprint density at radius 3 is 2.80 bits per heavy atom. The molecule has 0 aromatic heterocycles. The summed E-state index contributed by atoms with van der Waals surface area (Å²) in [6.07, 6.45) is -2.22. The van der Waals surface area contributed by atoms with Crippen LogP contribution in [0.25, 0.3) is 0 Å². The van der Waals surface area contributed by atoms with Crippen molar-refractivity contribution in [2.45, 2.75) is 32.0 Å². The summed E-state index contributed by atoms with van der Waals surface area (Å²) in [4.78, 5) is 2.03. The molecule has 1 fully saturated rings. The molecule has 112 valence electrons. The molecule has 1 aromatic carbocycles. The van der Waals surface area contributed by atoms with Crippen LogP contribution in [-0.4, -0.2) is 25.7 Å². The van der Waals surface area contributed by atoms with Crippen molar-refractivity contribution in [3.63, 3.8) is 0 Å². The Morgan fingerprint density at radius 2 is 2.15 bits per heavy atom. The fraction of sp³-hybridized carbons (Fsp3) is 0.571. The van der Waals surface area contributed by atoms with Crippen LogP contribution in [0.4, 0.5) is 18.9 Å². The van der Waals surface area contributed by atoms with Crippen LogP contribution in [0.5, 0.6) is 0 Å².